The third-order valence-corrected chi connectivity index (χ3v) is 9.84. The molecule has 2 aliphatic rings. The molecule has 4 unspecified atom stereocenters. The standard InChI is InChI=1S/C40H66/c1-31(19-13-21-33(3)25-27-37-35(5)23-15-29-39(37,7)8)17-11-12-18-32(2)20-14-22-34(4)26-28-38-36(6)24-16-30-40(38,9)10/h11,13,17,21,25-28,31-34H,12,14-16,18-20,22-24,29-30H2,1-10H3/b17-11+,21-13+,27-25+,28-26+. The fraction of sp³-hybridized carbons (Fsp3) is 0.700. The van der Waals surface area contributed by atoms with Crippen LogP contribution >= 0.6 is 0 Å². The maximum absolute atomic E-state index is 2.49. The predicted molar refractivity (Wildman–Crippen MR) is 182 cm³/mol. The van der Waals surface area contributed by atoms with Gasteiger partial charge < -0.3 is 0 Å². The first-order valence-electron chi connectivity index (χ1n) is 16.9. The van der Waals surface area contributed by atoms with Crippen molar-refractivity contribution in [2.24, 2.45) is 34.5 Å². The summed E-state index contributed by atoms with van der Waals surface area (Å²) >= 11 is 0. The highest BCUT2D eigenvalue weighted by atomic mass is 14.3. The van der Waals surface area contributed by atoms with Crippen molar-refractivity contribution in [2.75, 3.05) is 0 Å². The molecule has 0 nitrogen and oxygen atoms in total. The van der Waals surface area contributed by atoms with E-state index in [-0.39, 0.29) is 0 Å². The zero-order valence-electron chi connectivity index (χ0n) is 28.4. The molecule has 0 aromatic carbocycles. The molecule has 0 N–H and O–H groups in total. The smallest absolute Gasteiger partial charge is 0.00787 e. The van der Waals surface area contributed by atoms with Gasteiger partial charge in [-0.15, -0.1) is 0 Å². The number of hydrogen-bond donors (Lipinski definition) is 0. The lowest BCUT2D eigenvalue weighted by Crippen LogP contribution is -2.19. The Bertz CT molecular complexity index is 941. The molecule has 0 spiro atoms. The second-order valence-corrected chi connectivity index (χ2v) is 15.1. The van der Waals surface area contributed by atoms with Gasteiger partial charge in [-0.3, -0.25) is 0 Å². The summed E-state index contributed by atoms with van der Waals surface area (Å²) in [6.45, 7) is 23.8. The second kappa shape index (κ2) is 16.8. The molecule has 0 heteroatoms. The average Bonchev–Trinajstić information content (AvgIpc) is 2.85. The van der Waals surface area contributed by atoms with E-state index < -0.39 is 0 Å². The van der Waals surface area contributed by atoms with Crippen LogP contribution in [-0.2, 0) is 0 Å². The molecule has 0 bridgehead atoms. The summed E-state index contributed by atoms with van der Waals surface area (Å²) in [4.78, 5) is 0. The monoisotopic (exact) mass is 547 g/mol. The Kier molecular flexibility index (Phi) is 14.5. The van der Waals surface area contributed by atoms with Crippen LogP contribution in [-0.4, -0.2) is 0 Å². The van der Waals surface area contributed by atoms with Crippen LogP contribution in [0.4, 0.5) is 0 Å². The lowest BCUT2D eigenvalue weighted by atomic mass is 9.72. The molecule has 0 radical (unpaired) electrons. The number of rotatable bonds is 15. The minimum absolute atomic E-state index is 0.331. The first kappa shape index (κ1) is 34.6. The van der Waals surface area contributed by atoms with E-state index in [2.05, 4.69) is 118 Å². The molecule has 0 saturated heterocycles. The lowest BCUT2D eigenvalue weighted by Gasteiger charge is -2.33. The Hall–Kier alpha value is -1.56. The van der Waals surface area contributed by atoms with E-state index in [4.69, 9.17) is 0 Å². The van der Waals surface area contributed by atoms with Crippen molar-refractivity contribution in [3.05, 3.63) is 70.9 Å². The van der Waals surface area contributed by atoms with Gasteiger partial charge in [0, 0.05) is 0 Å². The first-order chi connectivity index (χ1) is 18.8. The fourth-order valence-corrected chi connectivity index (χ4v) is 6.92. The maximum atomic E-state index is 2.49. The van der Waals surface area contributed by atoms with Crippen LogP contribution < -0.4 is 0 Å². The Morgan fingerprint density at radius 1 is 0.650 bits per heavy atom. The van der Waals surface area contributed by atoms with Crippen molar-refractivity contribution in [2.45, 2.75) is 146 Å². The highest BCUT2D eigenvalue weighted by Gasteiger charge is 2.27. The van der Waals surface area contributed by atoms with Crippen LogP contribution in [0, 0.1) is 34.5 Å². The quantitative estimate of drug-likeness (QED) is 0.179. The van der Waals surface area contributed by atoms with E-state index >= 15 is 0 Å². The molecule has 0 saturated carbocycles. The van der Waals surface area contributed by atoms with Crippen molar-refractivity contribution >= 4 is 0 Å². The van der Waals surface area contributed by atoms with Gasteiger partial charge in [0.05, 0.1) is 0 Å². The molecule has 226 valence electrons. The Morgan fingerprint density at radius 3 is 1.80 bits per heavy atom. The van der Waals surface area contributed by atoms with Gasteiger partial charge in [0.2, 0.25) is 0 Å². The van der Waals surface area contributed by atoms with Gasteiger partial charge in [-0.05, 0) is 124 Å². The van der Waals surface area contributed by atoms with Crippen molar-refractivity contribution in [3.63, 3.8) is 0 Å². The summed E-state index contributed by atoms with van der Waals surface area (Å²) in [5.41, 5.74) is 7.06. The normalized spacial score (nSPS) is 23.1. The molecule has 2 aliphatic carbocycles. The van der Waals surface area contributed by atoms with Crippen molar-refractivity contribution in [3.8, 4) is 0 Å². The zero-order chi connectivity index (χ0) is 29.8. The van der Waals surface area contributed by atoms with Gasteiger partial charge in [-0.25, -0.2) is 0 Å². The van der Waals surface area contributed by atoms with Crippen molar-refractivity contribution < 1.29 is 0 Å². The second-order valence-electron chi connectivity index (χ2n) is 15.1. The molecular weight excluding hydrogens is 480 g/mol. The molecule has 0 aromatic rings. The molecule has 0 heterocycles. The minimum Gasteiger partial charge on any atom is -0.0882 e. The minimum atomic E-state index is 0.331. The molecule has 0 aromatic heterocycles. The van der Waals surface area contributed by atoms with Crippen LogP contribution in [0.2, 0.25) is 0 Å². The third kappa shape index (κ3) is 12.1. The van der Waals surface area contributed by atoms with E-state index in [1.54, 1.807) is 22.3 Å². The van der Waals surface area contributed by atoms with Crippen LogP contribution in [0.5, 0.6) is 0 Å². The van der Waals surface area contributed by atoms with Crippen LogP contribution in [0.25, 0.3) is 0 Å². The van der Waals surface area contributed by atoms with E-state index in [1.807, 2.05) is 0 Å². The summed E-state index contributed by atoms with van der Waals surface area (Å²) in [7, 11) is 0. The SMILES string of the molecule is CC1=C(/C=C/C(C)/C=C/CC(C)/C=C/CCC(C)CCCC(C)/C=C/C2=C(C)CCCC2(C)C)C(C)(C)CCC1. The van der Waals surface area contributed by atoms with Crippen LogP contribution in [0.3, 0.4) is 0 Å². The molecule has 0 amide bonds. The molecule has 40 heavy (non-hydrogen) atoms. The van der Waals surface area contributed by atoms with Gasteiger partial charge >= 0.3 is 0 Å². The number of hydrogen-bond acceptors (Lipinski definition) is 0. The van der Waals surface area contributed by atoms with Gasteiger partial charge in [0.1, 0.15) is 0 Å². The molecule has 4 atom stereocenters. The third-order valence-electron chi connectivity index (χ3n) is 9.84. The molecule has 0 aliphatic heterocycles. The Balaban J connectivity index is 1.63. The Morgan fingerprint density at radius 2 is 1.23 bits per heavy atom. The van der Waals surface area contributed by atoms with Crippen molar-refractivity contribution in [1.82, 2.24) is 0 Å². The van der Waals surface area contributed by atoms with Gasteiger partial charge in [0.15, 0.2) is 0 Å². The van der Waals surface area contributed by atoms with E-state index in [0.717, 1.165) is 12.3 Å². The first-order valence-corrected chi connectivity index (χ1v) is 16.9. The van der Waals surface area contributed by atoms with Gasteiger partial charge in [0.25, 0.3) is 0 Å². The highest BCUT2D eigenvalue weighted by molar-refractivity contribution is 5.34. The Labute approximate surface area is 251 Å². The summed E-state index contributed by atoms with van der Waals surface area (Å²) in [5.74, 6) is 2.61. The molecule has 0 fully saturated rings. The predicted octanol–water partition coefficient (Wildman–Crippen LogP) is 13.1. The largest absolute Gasteiger partial charge is 0.0882 e. The van der Waals surface area contributed by atoms with E-state index in [1.165, 1.54) is 70.6 Å². The van der Waals surface area contributed by atoms with E-state index in [9.17, 15) is 0 Å². The van der Waals surface area contributed by atoms with Crippen molar-refractivity contribution in [1.29, 1.82) is 0 Å². The highest BCUT2D eigenvalue weighted by Crippen LogP contribution is 2.42. The molecule has 2 rings (SSSR count). The topological polar surface area (TPSA) is 0 Å². The fourth-order valence-electron chi connectivity index (χ4n) is 6.92. The summed E-state index contributed by atoms with van der Waals surface area (Å²) in [6.07, 6.45) is 35.0. The average molecular weight is 547 g/mol. The lowest BCUT2D eigenvalue weighted by molar-refractivity contribution is 0.376. The molecular formula is C40H66. The van der Waals surface area contributed by atoms with Gasteiger partial charge in [-0.2, -0.15) is 0 Å². The summed E-state index contributed by atoms with van der Waals surface area (Å²) in [6, 6.07) is 0. The van der Waals surface area contributed by atoms with Gasteiger partial charge in [-0.1, -0.05) is 128 Å². The van der Waals surface area contributed by atoms with Crippen LogP contribution in [0.15, 0.2) is 70.9 Å². The summed E-state index contributed by atoms with van der Waals surface area (Å²) < 4.78 is 0. The number of allylic oxidation sites excluding steroid dienone is 12. The van der Waals surface area contributed by atoms with E-state index in [0.29, 0.717) is 28.6 Å². The zero-order valence-corrected chi connectivity index (χ0v) is 28.4. The summed E-state index contributed by atoms with van der Waals surface area (Å²) in [5, 5.41) is 0. The van der Waals surface area contributed by atoms with Crippen LogP contribution in [0.1, 0.15) is 146 Å². The maximum Gasteiger partial charge on any atom is -0.00787 e.